The van der Waals surface area contributed by atoms with Gasteiger partial charge in [0.25, 0.3) is 0 Å². The Labute approximate surface area is 36.7 Å². The highest BCUT2D eigenvalue weighted by Gasteiger charge is 1.85. The summed E-state index contributed by atoms with van der Waals surface area (Å²) < 4.78 is 4.38. The number of rotatable bonds is 2. The van der Waals surface area contributed by atoms with Crippen molar-refractivity contribution in [3.05, 3.63) is 0 Å². The lowest BCUT2D eigenvalue weighted by atomic mass is 10.9. The molecule has 38 valence electrons. The van der Waals surface area contributed by atoms with Gasteiger partial charge in [-0.2, -0.15) is 0 Å². The Balaban J connectivity index is 2.63. The van der Waals surface area contributed by atoms with E-state index in [0.29, 0.717) is 6.61 Å². The minimum absolute atomic E-state index is 0.456. The van der Waals surface area contributed by atoms with Crippen LogP contribution in [-0.2, 0) is 4.74 Å². The lowest BCUT2D eigenvalue weighted by molar-refractivity contribution is -0.0890. The molecule has 0 saturated carbocycles. The van der Waals surface area contributed by atoms with E-state index in [2.05, 4.69) is 4.74 Å². The van der Waals surface area contributed by atoms with Crippen LogP contribution in [-0.4, -0.2) is 18.1 Å². The van der Waals surface area contributed by atoms with Gasteiger partial charge < -0.3 is 9.84 Å². The fourth-order valence-corrected chi connectivity index (χ4v) is 0.171. The Bertz CT molecular complexity index is 30.0. The molecular formula is C3H9NO2. The third-order valence-electron chi connectivity index (χ3n) is 0.337. The molecule has 1 unspecified atom stereocenters. The average molecular weight is 91.1 g/mol. The van der Waals surface area contributed by atoms with Crippen molar-refractivity contribution < 1.29 is 9.84 Å². The van der Waals surface area contributed by atoms with Crippen LogP contribution in [0.5, 0.6) is 0 Å². The molecule has 1 atom stereocenters. The Morgan fingerprint density at radius 3 is 2.50 bits per heavy atom. The minimum atomic E-state index is -1.10. The molecule has 0 aromatic rings. The highest BCUT2D eigenvalue weighted by Crippen LogP contribution is 1.70. The quantitative estimate of drug-likeness (QED) is 0.440. The predicted octanol–water partition coefficient (Wildman–Crippen LogP) is -0.743. The lowest BCUT2D eigenvalue weighted by Crippen LogP contribution is -2.22. The Kier molecular flexibility index (Phi) is 3.02. The average Bonchev–Trinajstić information content (AvgIpc) is 1.35. The molecule has 0 aromatic heterocycles. The van der Waals surface area contributed by atoms with Gasteiger partial charge >= 0.3 is 0 Å². The van der Waals surface area contributed by atoms with Crippen LogP contribution in [0.4, 0.5) is 0 Å². The smallest absolute Gasteiger partial charge is 0.210 e. The van der Waals surface area contributed by atoms with Crippen LogP contribution in [0.2, 0.25) is 0 Å². The summed E-state index contributed by atoms with van der Waals surface area (Å²) in [6.45, 7) is 2.22. The molecule has 3 heteroatoms. The van der Waals surface area contributed by atoms with E-state index in [-0.39, 0.29) is 0 Å². The van der Waals surface area contributed by atoms with Gasteiger partial charge in [0.1, 0.15) is 0 Å². The van der Waals surface area contributed by atoms with E-state index in [0.717, 1.165) is 0 Å². The second kappa shape index (κ2) is 3.08. The van der Waals surface area contributed by atoms with Crippen molar-refractivity contribution in [1.29, 1.82) is 0 Å². The third kappa shape index (κ3) is 3.88. The highest BCUT2D eigenvalue weighted by molar-refractivity contribution is 4.14. The number of hydrogen-bond donors (Lipinski definition) is 2. The Hall–Kier alpha value is -0.120. The number of aliphatic hydroxyl groups excluding tert-OH is 1. The zero-order chi connectivity index (χ0) is 4.99. The topological polar surface area (TPSA) is 55.5 Å². The summed E-state index contributed by atoms with van der Waals surface area (Å²) in [7, 11) is 0. The van der Waals surface area contributed by atoms with Crippen molar-refractivity contribution in [3.63, 3.8) is 0 Å². The van der Waals surface area contributed by atoms with Gasteiger partial charge in [-0.15, -0.1) is 0 Å². The molecule has 0 saturated heterocycles. The third-order valence-corrected chi connectivity index (χ3v) is 0.337. The molecule has 0 spiro atoms. The molecule has 0 bridgehead atoms. The number of hydrogen-bond acceptors (Lipinski definition) is 3. The van der Waals surface area contributed by atoms with E-state index in [9.17, 15) is 0 Å². The normalized spacial score (nSPS) is 14.5. The molecule has 0 heterocycles. The maximum atomic E-state index is 8.11. The zero-order valence-electron chi connectivity index (χ0n) is 3.72. The fraction of sp³-hybridized carbons (Fsp3) is 1.00. The Morgan fingerprint density at radius 1 is 2.00 bits per heavy atom. The SMILES string of the molecule is CCOC(N)O. The number of nitrogens with two attached hydrogens (primary N) is 1. The van der Waals surface area contributed by atoms with E-state index in [1.165, 1.54) is 0 Å². The lowest BCUT2D eigenvalue weighted by Gasteiger charge is -1.99. The van der Waals surface area contributed by atoms with Crippen LogP contribution in [0.1, 0.15) is 6.92 Å². The molecule has 0 aliphatic carbocycles. The number of ether oxygens (including phenoxy) is 1. The van der Waals surface area contributed by atoms with Crippen LogP contribution < -0.4 is 5.73 Å². The first-order valence-electron chi connectivity index (χ1n) is 1.82. The zero-order valence-corrected chi connectivity index (χ0v) is 3.72. The molecule has 0 amide bonds. The van der Waals surface area contributed by atoms with Crippen molar-refractivity contribution in [1.82, 2.24) is 0 Å². The molecule has 0 radical (unpaired) electrons. The van der Waals surface area contributed by atoms with E-state index in [4.69, 9.17) is 10.8 Å². The van der Waals surface area contributed by atoms with Crippen molar-refractivity contribution in [2.24, 2.45) is 5.73 Å². The summed E-state index contributed by atoms with van der Waals surface area (Å²) in [4.78, 5) is 0. The molecule has 3 nitrogen and oxygen atoms in total. The summed E-state index contributed by atoms with van der Waals surface area (Å²) in [5.74, 6) is 0. The molecule has 3 N–H and O–H groups in total. The van der Waals surface area contributed by atoms with Gasteiger partial charge in [-0.05, 0) is 6.92 Å². The first-order chi connectivity index (χ1) is 2.77. The van der Waals surface area contributed by atoms with Gasteiger partial charge in [0.05, 0.1) is 0 Å². The largest absolute Gasteiger partial charge is 0.356 e. The molecule has 0 aromatic carbocycles. The van der Waals surface area contributed by atoms with Gasteiger partial charge in [0, 0.05) is 6.61 Å². The first kappa shape index (κ1) is 5.88. The fourth-order valence-electron chi connectivity index (χ4n) is 0.171. The molecule has 0 fully saturated rings. The minimum Gasteiger partial charge on any atom is -0.356 e. The monoisotopic (exact) mass is 91.1 g/mol. The van der Waals surface area contributed by atoms with Crippen molar-refractivity contribution >= 4 is 0 Å². The summed E-state index contributed by atoms with van der Waals surface area (Å²) in [5.41, 5.74) is 4.74. The van der Waals surface area contributed by atoms with Crippen LogP contribution in [0.15, 0.2) is 0 Å². The summed E-state index contributed by atoms with van der Waals surface area (Å²) in [5, 5.41) is 8.11. The van der Waals surface area contributed by atoms with Gasteiger partial charge in [-0.3, -0.25) is 5.73 Å². The van der Waals surface area contributed by atoms with Gasteiger partial charge in [-0.25, -0.2) is 0 Å². The summed E-state index contributed by atoms with van der Waals surface area (Å²) in [6, 6.07) is 0. The molecule has 6 heavy (non-hydrogen) atoms. The van der Waals surface area contributed by atoms with Crippen LogP contribution in [0, 0.1) is 0 Å². The van der Waals surface area contributed by atoms with E-state index in [1.54, 1.807) is 6.92 Å². The van der Waals surface area contributed by atoms with Crippen LogP contribution in [0.25, 0.3) is 0 Å². The van der Waals surface area contributed by atoms with E-state index in [1.807, 2.05) is 0 Å². The van der Waals surface area contributed by atoms with Crippen LogP contribution >= 0.6 is 0 Å². The maximum absolute atomic E-state index is 8.11. The van der Waals surface area contributed by atoms with Crippen molar-refractivity contribution in [2.75, 3.05) is 6.61 Å². The van der Waals surface area contributed by atoms with Gasteiger partial charge in [-0.1, -0.05) is 0 Å². The standard InChI is InChI=1S/C3H9NO2/c1-2-6-3(4)5/h3,5H,2,4H2,1H3. The van der Waals surface area contributed by atoms with Crippen LogP contribution in [0.3, 0.4) is 0 Å². The maximum Gasteiger partial charge on any atom is 0.210 e. The second-order valence-electron chi connectivity index (χ2n) is 0.846. The van der Waals surface area contributed by atoms with E-state index < -0.39 is 6.41 Å². The molecular weight excluding hydrogens is 82.0 g/mol. The van der Waals surface area contributed by atoms with Gasteiger partial charge in [0.2, 0.25) is 6.41 Å². The Morgan fingerprint density at radius 2 is 2.50 bits per heavy atom. The molecule has 0 aliphatic rings. The number of aliphatic hydroxyl groups is 1. The second-order valence-corrected chi connectivity index (χ2v) is 0.846. The molecule has 0 rings (SSSR count). The van der Waals surface area contributed by atoms with E-state index >= 15 is 0 Å². The first-order valence-corrected chi connectivity index (χ1v) is 1.82. The summed E-state index contributed by atoms with van der Waals surface area (Å²) >= 11 is 0. The van der Waals surface area contributed by atoms with Crippen molar-refractivity contribution in [3.8, 4) is 0 Å². The van der Waals surface area contributed by atoms with Gasteiger partial charge in [0.15, 0.2) is 0 Å². The summed E-state index contributed by atoms with van der Waals surface area (Å²) in [6.07, 6.45) is -1.10. The predicted molar refractivity (Wildman–Crippen MR) is 21.8 cm³/mol. The highest BCUT2D eigenvalue weighted by atomic mass is 16.6. The molecule has 0 aliphatic heterocycles. The van der Waals surface area contributed by atoms with Crippen molar-refractivity contribution in [2.45, 2.75) is 13.3 Å².